The molecule has 1 aromatic carbocycles. The number of amides is 1. The van der Waals surface area contributed by atoms with E-state index in [1.807, 2.05) is 43.3 Å². The van der Waals surface area contributed by atoms with Crippen LogP contribution >= 0.6 is 0 Å². The molecule has 5 heteroatoms. The fraction of sp³-hybridized carbons (Fsp3) is 0.368. The molecule has 5 nitrogen and oxygen atoms in total. The highest BCUT2D eigenvalue weighted by atomic mass is 16.5. The van der Waals surface area contributed by atoms with Gasteiger partial charge in [-0.3, -0.25) is 9.78 Å². The summed E-state index contributed by atoms with van der Waals surface area (Å²) in [6, 6.07) is 11.4. The Morgan fingerprint density at radius 2 is 1.88 bits per heavy atom. The Labute approximate surface area is 143 Å². The normalized spacial score (nSPS) is 10.2. The molecule has 2 rings (SSSR count). The van der Waals surface area contributed by atoms with Crippen LogP contribution in [0.3, 0.4) is 0 Å². The molecule has 0 fully saturated rings. The number of carbonyl (C=O) groups is 1. The molecule has 0 aliphatic carbocycles. The van der Waals surface area contributed by atoms with Gasteiger partial charge in [-0.05, 0) is 37.1 Å². The Hall–Kier alpha value is -2.56. The van der Waals surface area contributed by atoms with Gasteiger partial charge in [0.1, 0.15) is 0 Å². The largest absolute Gasteiger partial charge is 0.490 e. The Bertz CT molecular complexity index is 632. The highest BCUT2D eigenvalue weighted by Gasteiger charge is 2.10. The molecule has 24 heavy (non-hydrogen) atoms. The van der Waals surface area contributed by atoms with E-state index in [4.69, 9.17) is 9.47 Å². The van der Waals surface area contributed by atoms with Crippen molar-refractivity contribution in [2.75, 3.05) is 20.3 Å². The first-order chi connectivity index (χ1) is 11.7. The van der Waals surface area contributed by atoms with Gasteiger partial charge in [-0.2, -0.15) is 0 Å². The summed E-state index contributed by atoms with van der Waals surface area (Å²) in [5.74, 6) is 1.55. The van der Waals surface area contributed by atoms with Gasteiger partial charge in [-0.1, -0.05) is 18.2 Å². The maximum atomic E-state index is 12.2. The van der Waals surface area contributed by atoms with Crippen molar-refractivity contribution in [3.8, 4) is 11.5 Å². The predicted molar refractivity (Wildman–Crippen MR) is 93.1 cm³/mol. The number of aromatic nitrogens is 1. The van der Waals surface area contributed by atoms with Gasteiger partial charge in [0.25, 0.3) is 0 Å². The number of benzene rings is 1. The average Bonchev–Trinajstić information content (AvgIpc) is 2.61. The molecule has 0 unspecified atom stereocenters. The molecule has 0 saturated heterocycles. The molecule has 0 N–H and O–H groups in total. The van der Waals surface area contributed by atoms with Crippen molar-refractivity contribution in [2.24, 2.45) is 0 Å². The number of nitrogens with zero attached hydrogens (tertiary/aromatic N) is 2. The van der Waals surface area contributed by atoms with Crippen LogP contribution in [0.15, 0.2) is 48.8 Å². The molecule has 0 aliphatic heterocycles. The monoisotopic (exact) mass is 328 g/mol. The SMILES string of the molecule is CCOc1ccccc1OCCCC(=O)N(C)Cc1cccnc1. The van der Waals surface area contributed by atoms with Crippen LogP contribution in [0.4, 0.5) is 0 Å². The second kappa shape index (κ2) is 9.55. The van der Waals surface area contributed by atoms with Crippen molar-refractivity contribution >= 4 is 5.91 Å². The maximum absolute atomic E-state index is 12.2. The molecular weight excluding hydrogens is 304 g/mol. The molecule has 1 amide bonds. The van der Waals surface area contributed by atoms with Gasteiger partial charge in [0.2, 0.25) is 5.91 Å². The molecule has 0 saturated carbocycles. The van der Waals surface area contributed by atoms with Crippen LogP contribution in [0.25, 0.3) is 0 Å². The van der Waals surface area contributed by atoms with Gasteiger partial charge in [0.05, 0.1) is 13.2 Å². The quantitative estimate of drug-likeness (QED) is 0.663. The zero-order valence-electron chi connectivity index (χ0n) is 14.3. The Morgan fingerprint density at radius 1 is 1.12 bits per heavy atom. The first kappa shape index (κ1) is 17.8. The molecule has 0 spiro atoms. The lowest BCUT2D eigenvalue weighted by atomic mass is 10.2. The summed E-state index contributed by atoms with van der Waals surface area (Å²) in [6.45, 7) is 3.59. The third kappa shape index (κ3) is 5.57. The molecule has 1 heterocycles. The molecule has 0 atom stereocenters. The van der Waals surface area contributed by atoms with Crippen molar-refractivity contribution in [3.63, 3.8) is 0 Å². The van der Waals surface area contributed by atoms with E-state index in [1.54, 1.807) is 24.3 Å². The van der Waals surface area contributed by atoms with Gasteiger partial charge in [0, 0.05) is 32.4 Å². The fourth-order valence-corrected chi connectivity index (χ4v) is 2.29. The molecule has 0 radical (unpaired) electrons. The summed E-state index contributed by atoms with van der Waals surface area (Å²) in [5.41, 5.74) is 1.02. The van der Waals surface area contributed by atoms with E-state index in [2.05, 4.69) is 4.98 Å². The van der Waals surface area contributed by atoms with Gasteiger partial charge >= 0.3 is 0 Å². The fourth-order valence-electron chi connectivity index (χ4n) is 2.29. The van der Waals surface area contributed by atoms with Gasteiger partial charge in [0.15, 0.2) is 11.5 Å². The van der Waals surface area contributed by atoms with Crippen molar-refractivity contribution < 1.29 is 14.3 Å². The summed E-state index contributed by atoms with van der Waals surface area (Å²) >= 11 is 0. The molecule has 0 bridgehead atoms. The van der Waals surface area contributed by atoms with Crippen LogP contribution < -0.4 is 9.47 Å². The van der Waals surface area contributed by atoms with Crippen LogP contribution in [0, 0.1) is 0 Å². The third-order valence-corrected chi connectivity index (χ3v) is 3.51. The highest BCUT2D eigenvalue weighted by molar-refractivity contribution is 5.75. The third-order valence-electron chi connectivity index (χ3n) is 3.51. The minimum absolute atomic E-state index is 0.0977. The lowest BCUT2D eigenvalue weighted by molar-refractivity contribution is -0.130. The Kier molecular flexibility index (Phi) is 7.08. The summed E-state index contributed by atoms with van der Waals surface area (Å²) < 4.78 is 11.2. The van der Waals surface area contributed by atoms with Crippen molar-refractivity contribution in [2.45, 2.75) is 26.3 Å². The number of pyridine rings is 1. The van der Waals surface area contributed by atoms with Crippen LogP contribution in [0.2, 0.25) is 0 Å². The average molecular weight is 328 g/mol. The van der Waals surface area contributed by atoms with Crippen LogP contribution in [0.5, 0.6) is 11.5 Å². The summed E-state index contributed by atoms with van der Waals surface area (Å²) in [4.78, 5) is 17.9. The van der Waals surface area contributed by atoms with E-state index in [0.717, 1.165) is 17.1 Å². The standard InChI is InChI=1S/C19H24N2O3/c1-3-23-17-9-4-5-10-18(17)24-13-7-11-19(22)21(2)15-16-8-6-12-20-14-16/h4-6,8-10,12,14H,3,7,11,13,15H2,1-2H3. The smallest absolute Gasteiger partial charge is 0.222 e. The van der Waals surface area contributed by atoms with Crippen LogP contribution in [-0.2, 0) is 11.3 Å². The molecular formula is C19H24N2O3. The molecule has 0 aliphatic rings. The minimum atomic E-state index is 0.0977. The van der Waals surface area contributed by atoms with Crippen LogP contribution in [0.1, 0.15) is 25.3 Å². The van der Waals surface area contributed by atoms with Crippen molar-refractivity contribution in [1.29, 1.82) is 0 Å². The summed E-state index contributed by atoms with van der Waals surface area (Å²) in [6.07, 6.45) is 4.62. The topological polar surface area (TPSA) is 51.7 Å². The second-order valence-electron chi connectivity index (χ2n) is 5.44. The van der Waals surface area contributed by atoms with Gasteiger partial charge in [-0.25, -0.2) is 0 Å². The molecule has 128 valence electrons. The number of carbonyl (C=O) groups excluding carboxylic acids is 1. The van der Waals surface area contributed by atoms with E-state index >= 15 is 0 Å². The molecule has 2 aromatic rings. The summed E-state index contributed by atoms with van der Waals surface area (Å²) in [5, 5.41) is 0. The first-order valence-corrected chi connectivity index (χ1v) is 8.18. The summed E-state index contributed by atoms with van der Waals surface area (Å²) in [7, 11) is 1.81. The number of hydrogen-bond donors (Lipinski definition) is 0. The lowest BCUT2D eigenvalue weighted by Gasteiger charge is -2.17. The lowest BCUT2D eigenvalue weighted by Crippen LogP contribution is -2.26. The van der Waals surface area contributed by atoms with E-state index in [-0.39, 0.29) is 5.91 Å². The highest BCUT2D eigenvalue weighted by Crippen LogP contribution is 2.26. The van der Waals surface area contributed by atoms with E-state index < -0.39 is 0 Å². The zero-order valence-corrected chi connectivity index (χ0v) is 14.3. The number of para-hydroxylation sites is 2. The maximum Gasteiger partial charge on any atom is 0.222 e. The van der Waals surface area contributed by atoms with E-state index in [0.29, 0.717) is 32.6 Å². The number of ether oxygens (including phenoxy) is 2. The van der Waals surface area contributed by atoms with Gasteiger partial charge < -0.3 is 14.4 Å². The number of rotatable bonds is 9. The van der Waals surface area contributed by atoms with Crippen molar-refractivity contribution in [1.82, 2.24) is 9.88 Å². The Morgan fingerprint density at radius 3 is 2.54 bits per heavy atom. The number of hydrogen-bond acceptors (Lipinski definition) is 4. The van der Waals surface area contributed by atoms with Crippen molar-refractivity contribution in [3.05, 3.63) is 54.4 Å². The first-order valence-electron chi connectivity index (χ1n) is 8.18. The molecule has 1 aromatic heterocycles. The predicted octanol–water partition coefficient (Wildman–Crippen LogP) is 3.30. The minimum Gasteiger partial charge on any atom is -0.490 e. The second-order valence-corrected chi connectivity index (χ2v) is 5.44. The van der Waals surface area contributed by atoms with Gasteiger partial charge in [-0.15, -0.1) is 0 Å². The Balaban J connectivity index is 1.73. The zero-order chi connectivity index (χ0) is 17.2. The van der Waals surface area contributed by atoms with E-state index in [9.17, 15) is 4.79 Å². The van der Waals surface area contributed by atoms with E-state index in [1.165, 1.54) is 0 Å². The van der Waals surface area contributed by atoms with Crippen LogP contribution in [-0.4, -0.2) is 36.1 Å².